The SMILES string of the molecule is Cc1cn(CC(C=O)N2CCN(c3ccc(Cl)cc3)CC2)c(C)n1. The summed E-state index contributed by atoms with van der Waals surface area (Å²) >= 11 is 5.95. The summed E-state index contributed by atoms with van der Waals surface area (Å²) in [5.41, 5.74) is 2.17. The number of nitrogens with zero attached hydrogens (tertiary/aromatic N) is 4. The third-order valence-electron chi connectivity index (χ3n) is 4.61. The molecule has 0 amide bonds. The molecule has 0 aliphatic carbocycles. The van der Waals surface area contributed by atoms with Gasteiger partial charge in [0, 0.05) is 49.6 Å². The van der Waals surface area contributed by atoms with E-state index < -0.39 is 0 Å². The van der Waals surface area contributed by atoms with E-state index in [1.807, 2.05) is 44.3 Å². The number of imidazole rings is 1. The number of hydrogen-bond donors (Lipinski definition) is 0. The summed E-state index contributed by atoms with van der Waals surface area (Å²) in [4.78, 5) is 20.6. The summed E-state index contributed by atoms with van der Waals surface area (Å²) in [5.74, 6) is 0.958. The molecule has 24 heavy (non-hydrogen) atoms. The minimum Gasteiger partial charge on any atom is -0.369 e. The molecule has 1 aliphatic heterocycles. The second-order valence-electron chi connectivity index (χ2n) is 6.28. The zero-order valence-electron chi connectivity index (χ0n) is 14.2. The average Bonchev–Trinajstić information content (AvgIpc) is 2.91. The number of carbonyl (C=O) groups excluding carboxylic acids is 1. The van der Waals surface area contributed by atoms with E-state index in [0.29, 0.717) is 6.54 Å². The van der Waals surface area contributed by atoms with E-state index in [9.17, 15) is 4.79 Å². The second-order valence-corrected chi connectivity index (χ2v) is 6.72. The van der Waals surface area contributed by atoms with Crippen LogP contribution < -0.4 is 4.90 Å². The predicted octanol–water partition coefficient (Wildman–Crippen LogP) is 2.54. The number of aldehydes is 1. The molecule has 2 heterocycles. The maximum Gasteiger partial charge on any atom is 0.138 e. The van der Waals surface area contributed by atoms with E-state index in [1.54, 1.807) is 0 Å². The third-order valence-corrected chi connectivity index (χ3v) is 4.86. The minimum absolute atomic E-state index is 0.107. The van der Waals surface area contributed by atoms with Crippen molar-refractivity contribution >= 4 is 23.6 Å². The van der Waals surface area contributed by atoms with Crippen LogP contribution in [0.4, 0.5) is 5.69 Å². The zero-order valence-corrected chi connectivity index (χ0v) is 14.9. The summed E-state index contributed by atoms with van der Waals surface area (Å²) in [6.07, 6.45) is 3.07. The molecule has 2 aromatic rings. The average molecular weight is 347 g/mol. The van der Waals surface area contributed by atoms with E-state index in [4.69, 9.17) is 11.6 Å². The van der Waals surface area contributed by atoms with Gasteiger partial charge in [0.2, 0.25) is 0 Å². The number of rotatable bonds is 5. The first-order valence-corrected chi connectivity index (χ1v) is 8.65. The van der Waals surface area contributed by atoms with Gasteiger partial charge in [-0.05, 0) is 38.1 Å². The molecule has 6 heteroatoms. The van der Waals surface area contributed by atoms with Gasteiger partial charge in [0.1, 0.15) is 12.1 Å². The van der Waals surface area contributed by atoms with Crippen molar-refractivity contribution in [1.82, 2.24) is 14.5 Å². The Morgan fingerprint density at radius 3 is 2.38 bits per heavy atom. The molecule has 0 radical (unpaired) electrons. The Balaban J connectivity index is 1.61. The predicted molar refractivity (Wildman–Crippen MR) is 96.8 cm³/mol. The standard InChI is InChI=1S/C18H23ClN4O/c1-14-11-23(15(2)20-14)12-18(13-24)22-9-7-21(8-10-22)17-5-3-16(19)4-6-17/h3-6,11,13,18H,7-10,12H2,1-2H3. The Labute approximate surface area is 147 Å². The van der Waals surface area contributed by atoms with Gasteiger partial charge in [0.05, 0.1) is 11.7 Å². The van der Waals surface area contributed by atoms with E-state index in [-0.39, 0.29) is 6.04 Å². The maximum atomic E-state index is 11.6. The van der Waals surface area contributed by atoms with Crippen molar-refractivity contribution in [2.75, 3.05) is 31.1 Å². The van der Waals surface area contributed by atoms with Crippen LogP contribution in [0.25, 0.3) is 0 Å². The first-order chi connectivity index (χ1) is 11.6. The van der Waals surface area contributed by atoms with Gasteiger partial charge >= 0.3 is 0 Å². The lowest BCUT2D eigenvalue weighted by atomic mass is 10.2. The van der Waals surface area contributed by atoms with Crippen LogP contribution in [0.2, 0.25) is 5.02 Å². The fourth-order valence-electron chi connectivity index (χ4n) is 3.26. The molecule has 1 atom stereocenters. The van der Waals surface area contributed by atoms with Gasteiger partial charge in [0.15, 0.2) is 0 Å². The quantitative estimate of drug-likeness (QED) is 0.780. The number of aromatic nitrogens is 2. The molecular weight excluding hydrogens is 324 g/mol. The highest BCUT2D eigenvalue weighted by atomic mass is 35.5. The highest BCUT2D eigenvalue weighted by Crippen LogP contribution is 2.20. The number of aryl methyl sites for hydroxylation is 2. The van der Waals surface area contributed by atoms with Crippen LogP contribution in [-0.4, -0.2) is 53.0 Å². The molecular formula is C18H23ClN4O. The molecule has 128 valence electrons. The van der Waals surface area contributed by atoms with Gasteiger partial charge in [-0.1, -0.05) is 11.6 Å². The molecule has 1 saturated heterocycles. The van der Waals surface area contributed by atoms with Crippen molar-refractivity contribution < 1.29 is 4.79 Å². The largest absolute Gasteiger partial charge is 0.369 e. The lowest BCUT2D eigenvalue weighted by Gasteiger charge is -2.38. The Hall–Kier alpha value is -1.85. The lowest BCUT2D eigenvalue weighted by molar-refractivity contribution is -0.113. The minimum atomic E-state index is -0.107. The molecule has 3 rings (SSSR count). The van der Waals surface area contributed by atoms with Crippen LogP contribution in [0.3, 0.4) is 0 Å². The van der Waals surface area contributed by atoms with Crippen LogP contribution in [0.5, 0.6) is 0 Å². The van der Waals surface area contributed by atoms with Gasteiger partial charge in [-0.15, -0.1) is 0 Å². The third kappa shape index (κ3) is 3.79. The Morgan fingerprint density at radius 2 is 1.83 bits per heavy atom. The Morgan fingerprint density at radius 1 is 1.17 bits per heavy atom. The highest BCUT2D eigenvalue weighted by Gasteiger charge is 2.24. The second kappa shape index (κ2) is 7.36. The summed E-state index contributed by atoms with van der Waals surface area (Å²) in [6.45, 7) is 8.19. The number of anilines is 1. The van der Waals surface area contributed by atoms with Gasteiger partial charge in [-0.2, -0.15) is 0 Å². The molecule has 1 fully saturated rings. The maximum absolute atomic E-state index is 11.6. The van der Waals surface area contributed by atoms with Crippen molar-refractivity contribution in [2.45, 2.75) is 26.4 Å². The smallest absolute Gasteiger partial charge is 0.138 e. The molecule has 0 spiro atoms. The first-order valence-electron chi connectivity index (χ1n) is 8.27. The van der Waals surface area contributed by atoms with Gasteiger partial charge in [-0.3, -0.25) is 4.90 Å². The summed E-state index contributed by atoms with van der Waals surface area (Å²) in [7, 11) is 0. The van der Waals surface area contributed by atoms with Crippen LogP contribution >= 0.6 is 11.6 Å². The number of benzene rings is 1. The van der Waals surface area contributed by atoms with Crippen LogP contribution in [0.1, 0.15) is 11.5 Å². The van der Waals surface area contributed by atoms with Crippen molar-refractivity contribution in [3.05, 3.63) is 47.0 Å². The van der Waals surface area contributed by atoms with Gasteiger partial charge in [0.25, 0.3) is 0 Å². The normalized spacial score (nSPS) is 17.0. The molecule has 0 N–H and O–H groups in total. The summed E-state index contributed by atoms with van der Waals surface area (Å²) in [6, 6.07) is 7.83. The fraction of sp³-hybridized carbons (Fsp3) is 0.444. The van der Waals surface area contributed by atoms with Gasteiger partial charge in [-0.25, -0.2) is 4.98 Å². The lowest BCUT2D eigenvalue weighted by Crippen LogP contribution is -2.52. The van der Waals surface area contributed by atoms with Gasteiger partial charge < -0.3 is 14.3 Å². The Bertz CT molecular complexity index is 690. The molecule has 0 bridgehead atoms. The summed E-state index contributed by atoms with van der Waals surface area (Å²) < 4.78 is 2.07. The van der Waals surface area contributed by atoms with Crippen molar-refractivity contribution in [3.63, 3.8) is 0 Å². The number of halogens is 1. The van der Waals surface area contributed by atoms with Crippen LogP contribution in [0.15, 0.2) is 30.5 Å². The van der Waals surface area contributed by atoms with Crippen LogP contribution in [0, 0.1) is 13.8 Å². The molecule has 1 aliphatic rings. The van der Waals surface area contributed by atoms with Crippen LogP contribution in [-0.2, 0) is 11.3 Å². The van der Waals surface area contributed by atoms with E-state index in [2.05, 4.69) is 19.4 Å². The zero-order chi connectivity index (χ0) is 17.1. The van der Waals surface area contributed by atoms with Crippen molar-refractivity contribution in [3.8, 4) is 0 Å². The van der Waals surface area contributed by atoms with E-state index in [1.165, 1.54) is 5.69 Å². The molecule has 1 aromatic carbocycles. The fourth-order valence-corrected chi connectivity index (χ4v) is 3.39. The number of piperazine rings is 1. The molecule has 1 aromatic heterocycles. The monoisotopic (exact) mass is 346 g/mol. The van der Waals surface area contributed by atoms with Crippen molar-refractivity contribution in [2.24, 2.45) is 0 Å². The summed E-state index contributed by atoms with van der Waals surface area (Å²) in [5, 5.41) is 0.754. The first kappa shape index (κ1) is 17.0. The number of hydrogen-bond acceptors (Lipinski definition) is 4. The highest BCUT2D eigenvalue weighted by molar-refractivity contribution is 6.30. The Kier molecular flexibility index (Phi) is 5.21. The van der Waals surface area contributed by atoms with E-state index >= 15 is 0 Å². The van der Waals surface area contributed by atoms with Crippen molar-refractivity contribution in [1.29, 1.82) is 0 Å². The number of carbonyl (C=O) groups is 1. The molecule has 0 saturated carbocycles. The molecule has 5 nitrogen and oxygen atoms in total. The molecule has 1 unspecified atom stereocenters. The topological polar surface area (TPSA) is 41.4 Å². The van der Waals surface area contributed by atoms with E-state index in [0.717, 1.165) is 49.0 Å².